The fraction of sp³-hybridized carbons (Fsp3) is 0.133. The molecule has 0 heterocycles. The van der Waals surface area contributed by atoms with E-state index in [1.54, 1.807) is 35.2 Å². The van der Waals surface area contributed by atoms with E-state index < -0.39 is 0 Å². The van der Waals surface area contributed by atoms with Crippen molar-refractivity contribution in [2.75, 3.05) is 17.2 Å². The highest BCUT2D eigenvalue weighted by Gasteiger charge is 2.16. The van der Waals surface area contributed by atoms with Gasteiger partial charge in [-0.3, -0.25) is 4.79 Å². The summed E-state index contributed by atoms with van der Waals surface area (Å²) in [6.07, 6.45) is 0. The van der Waals surface area contributed by atoms with Gasteiger partial charge in [-0.05, 0) is 49.4 Å². The average molecular weight is 309 g/mol. The molecule has 0 aliphatic rings. The summed E-state index contributed by atoms with van der Waals surface area (Å²) in [5, 5.41) is 0.796. The van der Waals surface area contributed by atoms with Crippen molar-refractivity contribution in [2.24, 2.45) is 0 Å². The van der Waals surface area contributed by atoms with Crippen molar-refractivity contribution in [2.45, 2.75) is 6.92 Å². The quantitative estimate of drug-likeness (QED) is 0.862. The van der Waals surface area contributed by atoms with E-state index >= 15 is 0 Å². The Kier molecular flexibility index (Phi) is 4.53. The molecule has 0 aliphatic carbocycles. The summed E-state index contributed by atoms with van der Waals surface area (Å²) in [5.74, 6) is -0.129. The van der Waals surface area contributed by atoms with Crippen LogP contribution in [0.5, 0.6) is 0 Å². The van der Waals surface area contributed by atoms with Crippen molar-refractivity contribution in [1.82, 2.24) is 0 Å². The highest BCUT2D eigenvalue weighted by molar-refractivity contribution is 6.42. The van der Waals surface area contributed by atoms with Crippen molar-refractivity contribution in [3.8, 4) is 0 Å². The highest BCUT2D eigenvalue weighted by atomic mass is 35.5. The smallest absolute Gasteiger partial charge is 0.258 e. The van der Waals surface area contributed by atoms with E-state index in [1.165, 1.54) is 0 Å². The normalized spacial score (nSPS) is 10.3. The molecule has 2 rings (SSSR count). The second-order valence-electron chi connectivity index (χ2n) is 4.27. The molecule has 0 fully saturated rings. The Hall–Kier alpha value is -1.71. The number of carbonyl (C=O) groups is 1. The summed E-state index contributed by atoms with van der Waals surface area (Å²) in [6, 6.07) is 12.0. The molecule has 0 atom stereocenters. The predicted molar refractivity (Wildman–Crippen MR) is 84.7 cm³/mol. The third-order valence-electron chi connectivity index (χ3n) is 2.93. The van der Waals surface area contributed by atoms with E-state index in [2.05, 4.69) is 0 Å². The number of rotatable bonds is 3. The molecule has 0 saturated carbocycles. The van der Waals surface area contributed by atoms with Crippen LogP contribution in [0.4, 0.5) is 11.4 Å². The van der Waals surface area contributed by atoms with Crippen molar-refractivity contribution in [3.05, 3.63) is 58.1 Å². The Balaban J connectivity index is 2.33. The topological polar surface area (TPSA) is 46.3 Å². The van der Waals surface area contributed by atoms with Gasteiger partial charge < -0.3 is 10.6 Å². The van der Waals surface area contributed by atoms with Crippen LogP contribution in [-0.2, 0) is 0 Å². The molecular weight excluding hydrogens is 295 g/mol. The Bertz CT molecular complexity index is 626. The summed E-state index contributed by atoms with van der Waals surface area (Å²) >= 11 is 11.8. The standard InChI is InChI=1S/C15H14Cl2N2O/c1-2-19(12-6-4-11(18)5-7-12)15(20)10-3-8-13(16)14(17)9-10/h3-9H,2,18H2,1H3. The van der Waals surface area contributed by atoms with Crippen LogP contribution in [0.1, 0.15) is 17.3 Å². The van der Waals surface area contributed by atoms with Crippen LogP contribution in [0.15, 0.2) is 42.5 Å². The van der Waals surface area contributed by atoms with Crippen LogP contribution >= 0.6 is 23.2 Å². The SMILES string of the molecule is CCN(C(=O)c1ccc(Cl)c(Cl)c1)c1ccc(N)cc1. The molecular formula is C15H14Cl2N2O. The number of hydrogen-bond acceptors (Lipinski definition) is 2. The molecule has 2 N–H and O–H groups in total. The molecule has 0 spiro atoms. The van der Waals surface area contributed by atoms with E-state index in [1.807, 2.05) is 19.1 Å². The Morgan fingerprint density at radius 2 is 1.75 bits per heavy atom. The lowest BCUT2D eigenvalue weighted by Crippen LogP contribution is -2.30. The highest BCUT2D eigenvalue weighted by Crippen LogP contribution is 2.25. The summed E-state index contributed by atoms with van der Waals surface area (Å²) in [5.41, 5.74) is 7.60. The third-order valence-corrected chi connectivity index (χ3v) is 3.67. The van der Waals surface area contributed by atoms with Crippen molar-refractivity contribution in [1.29, 1.82) is 0 Å². The van der Waals surface area contributed by atoms with E-state index in [0.29, 0.717) is 27.8 Å². The zero-order chi connectivity index (χ0) is 14.7. The van der Waals surface area contributed by atoms with Gasteiger partial charge in [0.05, 0.1) is 10.0 Å². The first-order valence-corrected chi connectivity index (χ1v) is 6.91. The first kappa shape index (κ1) is 14.7. The molecule has 5 heteroatoms. The molecule has 2 aromatic carbocycles. The maximum absolute atomic E-state index is 12.5. The first-order chi connectivity index (χ1) is 9.52. The van der Waals surface area contributed by atoms with E-state index in [9.17, 15) is 4.79 Å². The number of nitrogens with zero attached hydrogens (tertiary/aromatic N) is 1. The van der Waals surface area contributed by atoms with E-state index in [4.69, 9.17) is 28.9 Å². The van der Waals surface area contributed by atoms with Gasteiger partial charge in [-0.15, -0.1) is 0 Å². The molecule has 2 aromatic rings. The minimum absolute atomic E-state index is 0.129. The van der Waals surface area contributed by atoms with Gasteiger partial charge in [0.25, 0.3) is 5.91 Å². The molecule has 1 amide bonds. The van der Waals surface area contributed by atoms with Crippen LogP contribution in [0.3, 0.4) is 0 Å². The van der Waals surface area contributed by atoms with Gasteiger partial charge in [0.15, 0.2) is 0 Å². The van der Waals surface area contributed by atoms with Gasteiger partial charge in [-0.1, -0.05) is 23.2 Å². The van der Waals surface area contributed by atoms with Crippen LogP contribution in [0, 0.1) is 0 Å². The maximum Gasteiger partial charge on any atom is 0.258 e. The third kappa shape index (κ3) is 3.06. The minimum atomic E-state index is -0.129. The first-order valence-electron chi connectivity index (χ1n) is 6.15. The number of benzene rings is 2. The second-order valence-corrected chi connectivity index (χ2v) is 5.08. The Morgan fingerprint density at radius 3 is 2.30 bits per heavy atom. The van der Waals surface area contributed by atoms with E-state index in [0.717, 1.165) is 5.69 Å². The molecule has 20 heavy (non-hydrogen) atoms. The maximum atomic E-state index is 12.5. The molecule has 0 radical (unpaired) electrons. The van der Waals surface area contributed by atoms with Gasteiger partial charge in [-0.2, -0.15) is 0 Å². The molecule has 0 aromatic heterocycles. The summed E-state index contributed by atoms with van der Waals surface area (Å²) in [7, 11) is 0. The number of anilines is 2. The summed E-state index contributed by atoms with van der Waals surface area (Å²) < 4.78 is 0. The number of hydrogen-bond donors (Lipinski definition) is 1. The second kappa shape index (κ2) is 6.16. The molecule has 0 bridgehead atoms. The van der Waals surface area contributed by atoms with Crippen molar-refractivity contribution in [3.63, 3.8) is 0 Å². The van der Waals surface area contributed by atoms with Crippen LogP contribution in [-0.4, -0.2) is 12.5 Å². The average Bonchev–Trinajstić information content (AvgIpc) is 2.44. The zero-order valence-corrected chi connectivity index (χ0v) is 12.4. The number of nitrogens with two attached hydrogens (primary N) is 1. The number of halogens is 2. The van der Waals surface area contributed by atoms with Crippen molar-refractivity contribution >= 4 is 40.5 Å². The number of amides is 1. The largest absolute Gasteiger partial charge is 0.399 e. The van der Waals surface area contributed by atoms with Gasteiger partial charge in [-0.25, -0.2) is 0 Å². The fourth-order valence-corrected chi connectivity index (χ4v) is 2.18. The molecule has 0 aliphatic heterocycles. The van der Waals surface area contributed by atoms with Gasteiger partial charge >= 0.3 is 0 Å². The lowest BCUT2D eigenvalue weighted by Gasteiger charge is -2.21. The summed E-state index contributed by atoms with van der Waals surface area (Å²) in [6.45, 7) is 2.45. The minimum Gasteiger partial charge on any atom is -0.399 e. The van der Waals surface area contributed by atoms with E-state index in [-0.39, 0.29) is 5.91 Å². The summed E-state index contributed by atoms with van der Waals surface area (Å²) in [4.78, 5) is 14.2. The lowest BCUT2D eigenvalue weighted by atomic mass is 10.1. The van der Waals surface area contributed by atoms with Gasteiger partial charge in [0, 0.05) is 23.5 Å². The van der Waals surface area contributed by atoms with Crippen LogP contribution in [0.25, 0.3) is 0 Å². The Morgan fingerprint density at radius 1 is 1.10 bits per heavy atom. The molecule has 0 saturated heterocycles. The fourth-order valence-electron chi connectivity index (χ4n) is 1.88. The lowest BCUT2D eigenvalue weighted by molar-refractivity contribution is 0.0988. The predicted octanol–water partition coefficient (Wildman–Crippen LogP) is 4.24. The zero-order valence-electron chi connectivity index (χ0n) is 10.9. The molecule has 104 valence electrons. The van der Waals surface area contributed by atoms with Gasteiger partial charge in [0.2, 0.25) is 0 Å². The Labute approximate surface area is 127 Å². The van der Waals surface area contributed by atoms with Crippen LogP contribution < -0.4 is 10.6 Å². The molecule has 3 nitrogen and oxygen atoms in total. The molecule has 0 unspecified atom stereocenters. The monoisotopic (exact) mass is 308 g/mol. The number of carbonyl (C=O) groups excluding carboxylic acids is 1. The van der Waals surface area contributed by atoms with Crippen LogP contribution in [0.2, 0.25) is 10.0 Å². The number of nitrogen functional groups attached to an aromatic ring is 1. The van der Waals surface area contributed by atoms with Gasteiger partial charge in [0.1, 0.15) is 0 Å². The van der Waals surface area contributed by atoms with Crippen molar-refractivity contribution < 1.29 is 4.79 Å².